The van der Waals surface area contributed by atoms with E-state index in [1.54, 1.807) is 0 Å². The van der Waals surface area contributed by atoms with Gasteiger partial charge in [0.25, 0.3) is 0 Å². The molecular weight excluding hydrogens is 296 g/mol. The summed E-state index contributed by atoms with van der Waals surface area (Å²) in [4.78, 5) is 0. The van der Waals surface area contributed by atoms with E-state index in [0.29, 0.717) is 0 Å². The van der Waals surface area contributed by atoms with Gasteiger partial charge in [-0.05, 0) is 36.8 Å². The van der Waals surface area contributed by atoms with E-state index < -0.39 is 5.60 Å². The molecule has 0 aliphatic carbocycles. The Morgan fingerprint density at radius 3 is 2.46 bits per heavy atom. The van der Waals surface area contributed by atoms with Gasteiger partial charge >= 0.3 is 0 Å². The van der Waals surface area contributed by atoms with E-state index in [1.165, 1.54) is 0 Å². The monoisotopic (exact) mass is 312 g/mol. The molecule has 1 aliphatic heterocycles. The molecule has 0 fully saturated rings. The van der Waals surface area contributed by atoms with Crippen LogP contribution in [-0.4, -0.2) is 0 Å². The summed E-state index contributed by atoms with van der Waals surface area (Å²) >= 11 is 0. The Bertz CT molecular complexity index is 1090. The number of hydrogen-bond acceptors (Lipinski definition) is 2. The van der Waals surface area contributed by atoms with Crippen molar-refractivity contribution >= 4 is 28.0 Å². The van der Waals surface area contributed by atoms with Gasteiger partial charge in [-0.2, -0.15) is 0 Å². The summed E-state index contributed by atoms with van der Waals surface area (Å²) < 4.78 is 12.4. The van der Waals surface area contributed by atoms with Gasteiger partial charge in [0.15, 0.2) is 0 Å². The molecule has 116 valence electrons. The van der Waals surface area contributed by atoms with E-state index in [9.17, 15) is 0 Å². The van der Waals surface area contributed by atoms with Crippen LogP contribution in [0.2, 0.25) is 0 Å². The fraction of sp³-hybridized carbons (Fsp3) is 0.0909. The molecule has 5 rings (SSSR count). The quantitative estimate of drug-likeness (QED) is 0.436. The lowest BCUT2D eigenvalue weighted by Gasteiger charge is -2.32. The SMILES string of the molecule is C[C@@]1(c2ccccc2)C=Cc2cc3oc4ccccc4c3cc2O1. The molecule has 24 heavy (non-hydrogen) atoms. The van der Waals surface area contributed by atoms with Crippen molar-refractivity contribution in [3.05, 3.63) is 83.9 Å². The highest BCUT2D eigenvalue weighted by atomic mass is 16.5. The van der Waals surface area contributed by atoms with Crippen LogP contribution in [-0.2, 0) is 5.60 Å². The van der Waals surface area contributed by atoms with Crippen LogP contribution in [0.1, 0.15) is 18.1 Å². The second kappa shape index (κ2) is 4.75. The van der Waals surface area contributed by atoms with E-state index in [1.807, 2.05) is 36.4 Å². The minimum Gasteiger partial charge on any atom is -0.478 e. The van der Waals surface area contributed by atoms with Crippen molar-refractivity contribution in [1.29, 1.82) is 0 Å². The van der Waals surface area contributed by atoms with Crippen LogP contribution in [0.4, 0.5) is 0 Å². The molecule has 0 amide bonds. The van der Waals surface area contributed by atoms with Gasteiger partial charge in [0.2, 0.25) is 0 Å². The van der Waals surface area contributed by atoms with Crippen molar-refractivity contribution < 1.29 is 9.15 Å². The topological polar surface area (TPSA) is 22.4 Å². The Kier molecular flexibility index (Phi) is 2.66. The number of hydrogen-bond donors (Lipinski definition) is 0. The van der Waals surface area contributed by atoms with Gasteiger partial charge in [0.1, 0.15) is 22.5 Å². The van der Waals surface area contributed by atoms with Crippen molar-refractivity contribution in [2.24, 2.45) is 0 Å². The third-order valence-electron chi connectivity index (χ3n) is 4.76. The largest absolute Gasteiger partial charge is 0.478 e. The first-order valence-corrected chi connectivity index (χ1v) is 8.12. The van der Waals surface area contributed by atoms with Crippen LogP contribution in [0.5, 0.6) is 5.75 Å². The molecule has 3 aromatic carbocycles. The van der Waals surface area contributed by atoms with Crippen molar-refractivity contribution in [3.63, 3.8) is 0 Å². The molecule has 0 radical (unpaired) electrons. The molecule has 0 spiro atoms. The Hall–Kier alpha value is -3.00. The highest BCUT2D eigenvalue weighted by Gasteiger charge is 2.30. The predicted molar refractivity (Wildman–Crippen MR) is 97.2 cm³/mol. The Morgan fingerprint density at radius 2 is 1.58 bits per heavy atom. The fourth-order valence-electron chi connectivity index (χ4n) is 3.42. The normalized spacial score (nSPS) is 19.4. The van der Waals surface area contributed by atoms with Gasteiger partial charge in [0.05, 0.1) is 0 Å². The Labute approximate surface area is 140 Å². The molecule has 1 atom stereocenters. The number of fused-ring (bicyclic) bond motifs is 4. The van der Waals surface area contributed by atoms with Crippen molar-refractivity contribution in [2.45, 2.75) is 12.5 Å². The number of furan rings is 1. The summed E-state index contributed by atoms with van der Waals surface area (Å²) in [5.41, 5.74) is 3.54. The lowest BCUT2D eigenvalue weighted by Crippen LogP contribution is -2.28. The minimum absolute atomic E-state index is 0.457. The lowest BCUT2D eigenvalue weighted by molar-refractivity contribution is 0.138. The summed E-state index contributed by atoms with van der Waals surface area (Å²) in [6, 6.07) is 22.6. The third kappa shape index (κ3) is 1.89. The summed E-state index contributed by atoms with van der Waals surface area (Å²) in [7, 11) is 0. The molecule has 0 bridgehead atoms. The third-order valence-corrected chi connectivity index (χ3v) is 4.76. The molecule has 2 heteroatoms. The van der Waals surface area contributed by atoms with E-state index >= 15 is 0 Å². The van der Waals surface area contributed by atoms with Crippen molar-refractivity contribution in [3.8, 4) is 5.75 Å². The van der Waals surface area contributed by atoms with Crippen LogP contribution in [0.3, 0.4) is 0 Å². The molecule has 0 saturated carbocycles. The fourth-order valence-corrected chi connectivity index (χ4v) is 3.42. The van der Waals surface area contributed by atoms with E-state index in [2.05, 4.69) is 49.4 Å². The molecule has 2 nitrogen and oxygen atoms in total. The van der Waals surface area contributed by atoms with Gasteiger partial charge in [0, 0.05) is 16.3 Å². The number of benzene rings is 3. The molecule has 0 unspecified atom stereocenters. The van der Waals surface area contributed by atoms with Gasteiger partial charge in [-0.15, -0.1) is 0 Å². The molecule has 0 saturated heterocycles. The highest BCUT2D eigenvalue weighted by Crippen LogP contribution is 2.41. The Balaban J connectivity index is 1.69. The molecule has 4 aromatic rings. The zero-order valence-corrected chi connectivity index (χ0v) is 13.3. The van der Waals surface area contributed by atoms with Crippen LogP contribution < -0.4 is 4.74 Å². The van der Waals surface area contributed by atoms with Crippen molar-refractivity contribution in [1.82, 2.24) is 0 Å². The van der Waals surface area contributed by atoms with Gasteiger partial charge in [-0.1, -0.05) is 54.6 Å². The van der Waals surface area contributed by atoms with Crippen LogP contribution in [0.25, 0.3) is 28.0 Å². The maximum Gasteiger partial charge on any atom is 0.150 e. The zero-order valence-electron chi connectivity index (χ0n) is 13.3. The first-order chi connectivity index (χ1) is 11.7. The van der Waals surface area contributed by atoms with Crippen molar-refractivity contribution in [2.75, 3.05) is 0 Å². The predicted octanol–water partition coefficient (Wildman–Crippen LogP) is 5.91. The molecule has 1 aromatic heterocycles. The average Bonchev–Trinajstić information content (AvgIpc) is 2.98. The molecule has 0 N–H and O–H groups in total. The summed E-state index contributed by atoms with van der Waals surface area (Å²) in [5, 5.41) is 2.21. The average molecular weight is 312 g/mol. The maximum absolute atomic E-state index is 6.40. The number of para-hydroxylation sites is 1. The minimum atomic E-state index is -0.457. The van der Waals surface area contributed by atoms with Gasteiger partial charge < -0.3 is 9.15 Å². The summed E-state index contributed by atoms with van der Waals surface area (Å²) in [5.74, 6) is 0.892. The second-order valence-corrected chi connectivity index (χ2v) is 6.39. The lowest BCUT2D eigenvalue weighted by atomic mass is 9.92. The highest BCUT2D eigenvalue weighted by molar-refractivity contribution is 6.06. The van der Waals surface area contributed by atoms with Gasteiger partial charge in [-0.25, -0.2) is 0 Å². The van der Waals surface area contributed by atoms with E-state index in [-0.39, 0.29) is 0 Å². The standard InChI is InChI=1S/C22H16O2/c1-22(16-7-3-2-4-8-16)12-11-15-13-21-18(14-20(15)24-22)17-9-5-6-10-19(17)23-21/h2-14H,1H3/t22-/m0/s1. The van der Waals surface area contributed by atoms with E-state index in [4.69, 9.17) is 9.15 Å². The molecular formula is C22H16O2. The zero-order chi connectivity index (χ0) is 16.1. The first kappa shape index (κ1) is 13.4. The second-order valence-electron chi connectivity index (χ2n) is 6.39. The smallest absolute Gasteiger partial charge is 0.150 e. The van der Waals surface area contributed by atoms with Crippen LogP contribution in [0.15, 0.2) is 77.2 Å². The Morgan fingerprint density at radius 1 is 0.792 bits per heavy atom. The van der Waals surface area contributed by atoms with E-state index in [0.717, 1.165) is 38.8 Å². The van der Waals surface area contributed by atoms with Crippen LogP contribution >= 0.6 is 0 Å². The van der Waals surface area contributed by atoms with Gasteiger partial charge in [-0.3, -0.25) is 0 Å². The number of rotatable bonds is 1. The molecule has 2 heterocycles. The summed E-state index contributed by atoms with van der Waals surface area (Å²) in [6.45, 7) is 2.10. The molecule has 1 aliphatic rings. The number of ether oxygens (including phenoxy) is 1. The maximum atomic E-state index is 6.40. The van der Waals surface area contributed by atoms with Crippen LogP contribution in [0, 0.1) is 0 Å². The summed E-state index contributed by atoms with van der Waals surface area (Å²) in [6.07, 6.45) is 4.23. The first-order valence-electron chi connectivity index (χ1n) is 8.12.